The predicted molar refractivity (Wildman–Crippen MR) is 136 cm³/mol. The van der Waals surface area contributed by atoms with E-state index in [0.717, 1.165) is 11.3 Å². The van der Waals surface area contributed by atoms with Gasteiger partial charge in [0.2, 0.25) is 0 Å². The lowest BCUT2D eigenvalue weighted by molar-refractivity contribution is -0.139. The summed E-state index contributed by atoms with van der Waals surface area (Å²) >= 11 is 1.16. The standard InChI is InChI=1S/C28H20FN3O4S/c1-3-35-27(34)24-16(2)31-28-32(25(24)17-8-10-19(29)11-9-17)26(33)23(37-28)14-20-12-13-22(36-20)21-7-5-4-6-18(21)15-30/h4-14,25H,3H2,1-2H3. The SMILES string of the molecule is CCOC(=O)C1=C(C)N=c2sc(=Cc3ccc(-c4ccccc4C#N)o3)c(=O)n2C1c1ccc(F)cc1. The van der Waals surface area contributed by atoms with Crippen LogP contribution in [0.2, 0.25) is 0 Å². The molecule has 2 aromatic carbocycles. The van der Waals surface area contributed by atoms with Gasteiger partial charge in [-0.05, 0) is 55.8 Å². The molecule has 0 aliphatic carbocycles. The molecule has 0 amide bonds. The number of nitrogens with zero attached hydrogens (tertiary/aromatic N) is 3. The Hall–Kier alpha value is -4.55. The minimum Gasteiger partial charge on any atom is -0.463 e. The summed E-state index contributed by atoms with van der Waals surface area (Å²) in [5.41, 5.74) is 1.96. The first-order chi connectivity index (χ1) is 17.9. The van der Waals surface area contributed by atoms with Crippen molar-refractivity contribution >= 4 is 23.4 Å². The molecule has 9 heteroatoms. The molecule has 0 bridgehead atoms. The number of hydrogen-bond donors (Lipinski definition) is 0. The van der Waals surface area contributed by atoms with Crippen LogP contribution in [0.25, 0.3) is 17.4 Å². The number of hydrogen-bond acceptors (Lipinski definition) is 7. The topological polar surface area (TPSA) is 97.6 Å². The van der Waals surface area contributed by atoms with Gasteiger partial charge in [0.25, 0.3) is 5.56 Å². The van der Waals surface area contributed by atoms with E-state index in [9.17, 15) is 19.2 Å². The minimum absolute atomic E-state index is 0.159. The van der Waals surface area contributed by atoms with Crippen molar-refractivity contribution in [2.24, 2.45) is 4.99 Å². The second-order valence-electron chi connectivity index (χ2n) is 8.21. The molecule has 1 aliphatic rings. The van der Waals surface area contributed by atoms with E-state index >= 15 is 0 Å². The highest BCUT2D eigenvalue weighted by Gasteiger charge is 2.33. The van der Waals surface area contributed by atoms with Crippen molar-refractivity contribution in [3.8, 4) is 17.4 Å². The van der Waals surface area contributed by atoms with Crippen molar-refractivity contribution < 1.29 is 18.3 Å². The van der Waals surface area contributed by atoms with Crippen molar-refractivity contribution in [3.63, 3.8) is 0 Å². The van der Waals surface area contributed by atoms with E-state index in [1.54, 1.807) is 62.4 Å². The number of carbonyl (C=O) groups is 1. The lowest BCUT2D eigenvalue weighted by Crippen LogP contribution is -2.39. The largest absolute Gasteiger partial charge is 0.463 e. The normalized spacial score (nSPS) is 15.2. The maximum absolute atomic E-state index is 13.7. The van der Waals surface area contributed by atoms with Crippen LogP contribution in [0.4, 0.5) is 4.39 Å². The Morgan fingerprint density at radius 1 is 1.22 bits per heavy atom. The Kier molecular flexibility index (Phi) is 6.42. The molecule has 7 nitrogen and oxygen atoms in total. The molecule has 3 heterocycles. The lowest BCUT2D eigenvalue weighted by Gasteiger charge is -2.24. The molecule has 0 spiro atoms. The molecular formula is C28H20FN3O4S. The number of rotatable bonds is 5. The first-order valence-electron chi connectivity index (χ1n) is 11.5. The number of thiazole rings is 1. The predicted octanol–water partition coefficient (Wildman–Crippen LogP) is 4.07. The molecule has 0 saturated heterocycles. The fourth-order valence-corrected chi connectivity index (χ4v) is 5.28. The zero-order chi connectivity index (χ0) is 26.1. The van der Waals surface area contributed by atoms with Gasteiger partial charge < -0.3 is 9.15 Å². The number of halogens is 1. The van der Waals surface area contributed by atoms with Crippen LogP contribution in [0.5, 0.6) is 0 Å². The summed E-state index contributed by atoms with van der Waals surface area (Å²) < 4.78 is 26.6. The molecule has 0 saturated carbocycles. The number of nitriles is 1. The van der Waals surface area contributed by atoms with Crippen molar-refractivity contribution in [2.45, 2.75) is 19.9 Å². The van der Waals surface area contributed by atoms with Crippen LogP contribution in [0.15, 0.2) is 86.1 Å². The van der Waals surface area contributed by atoms with Gasteiger partial charge in [0, 0.05) is 11.6 Å². The Morgan fingerprint density at radius 2 is 1.97 bits per heavy atom. The van der Waals surface area contributed by atoms with Crippen molar-refractivity contribution in [1.29, 1.82) is 5.26 Å². The molecular weight excluding hydrogens is 493 g/mol. The molecule has 0 radical (unpaired) electrons. The molecule has 5 rings (SSSR count). The van der Waals surface area contributed by atoms with E-state index in [4.69, 9.17) is 9.15 Å². The number of fused-ring (bicyclic) bond motifs is 1. The second-order valence-corrected chi connectivity index (χ2v) is 9.22. The van der Waals surface area contributed by atoms with E-state index in [1.807, 2.05) is 6.07 Å². The van der Waals surface area contributed by atoms with Crippen LogP contribution < -0.4 is 14.9 Å². The van der Waals surface area contributed by atoms with Gasteiger partial charge in [-0.25, -0.2) is 14.2 Å². The maximum Gasteiger partial charge on any atom is 0.338 e. The van der Waals surface area contributed by atoms with Gasteiger partial charge in [-0.1, -0.05) is 35.6 Å². The van der Waals surface area contributed by atoms with Crippen LogP contribution in [0, 0.1) is 17.1 Å². The highest BCUT2D eigenvalue weighted by Crippen LogP contribution is 2.31. The average Bonchev–Trinajstić information content (AvgIpc) is 3.48. The lowest BCUT2D eigenvalue weighted by atomic mass is 9.96. The molecule has 1 aliphatic heterocycles. The Balaban J connectivity index is 1.64. The van der Waals surface area contributed by atoms with E-state index < -0.39 is 17.8 Å². The number of benzene rings is 2. The molecule has 0 N–H and O–H groups in total. The Bertz CT molecular complexity index is 1770. The smallest absolute Gasteiger partial charge is 0.338 e. The summed E-state index contributed by atoms with van der Waals surface area (Å²) in [6.07, 6.45) is 1.60. The van der Waals surface area contributed by atoms with Crippen molar-refractivity contribution in [3.05, 3.63) is 114 Å². The van der Waals surface area contributed by atoms with Gasteiger partial charge in [-0.2, -0.15) is 5.26 Å². The zero-order valence-electron chi connectivity index (χ0n) is 19.9. The van der Waals surface area contributed by atoms with Gasteiger partial charge in [-0.3, -0.25) is 9.36 Å². The summed E-state index contributed by atoms with van der Waals surface area (Å²) in [4.78, 5) is 31.4. The minimum atomic E-state index is -0.826. The third kappa shape index (κ3) is 4.43. The number of furan rings is 1. The van der Waals surface area contributed by atoms with Crippen LogP contribution >= 0.6 is 11.3 Å². The summed E-state index contributed by atoms with van der Waals surface area (Å²) in [6, 6.07) is 17.5. The van der Waals surface area contributed by atoms with E-state index in [2.05, 4.69) is 11.1 Å². The third-order valence-electron chi connectivity index (χ3n) is 5.92. The van der Waals surface area contributed by atoms with Crippen LogP contribution in [0.3, 0.4) is 0 Å². The molecule has 37 heavy (non-hydrogen) atoms. The molecule has 1 unspecified atom stereocenters. The Morgan fingerprint density at radius 3 is 2.70 bits per heavy atom. The third-order valence-corrected chi connectivity index (χ3v) is 6.90. The number of aromatic nitrogens is 1. The van der Waals surface area contributed by atoms with Crippen LogP contribution in [-0.4, -0.2) is 17.1 Å². The fraction of sp³-hybridized carbons (Fsp3) is 0.143. The maximum atomic E-state index is 13.7. The van der Waals surface area contributed by atoms with Gasteiger partial charge in [0.05, 0.1) is 40.1 Å². The molecule has 2 aromatic heterocycles. The molecule has 1 atom stereocenters. The summed E-state index contributed by atoms with van der Waals surface area (Å²) in [5, 5.41) is 9.39. The van der Waals surface area contributed by atoms with Crippen molar-refractivity contribution in [1.82, 2.24) is 4.57 Å². The van der Waals surface area contributed by atoms with Gasteiger partial charge in [0.15, 0.2) is 4.80 Å². The van der Waals surface area contributed by atoms with E-state index in [-0.39, 0.29) is 17.7 Å². The van der Waals surface area contributed by atoms with Crippen LogP contribution in [-0.2, 0) is 9.53 Å². The molecule has 0 fully saturated rings. The number of allylic oxidation sites excluding steroid dienone is 1. The quantitative estimate of drug-likeness (QED) is 0.375. The fourth-order valence-electron chi connectivity index (χ4n) is 4.25. The number of esters is 1. The van der Waals surface area contributed by atoms with Gasteiger partial charge in [0.1, 0.15) is 17.3 Å². The van der Waals surface area contributed by atoms with Crippen molar-refractivity contribution in [2.75, 3.05) is 6.61 Å². The monoisotopic (exact) mass is 513 g/mol. The number of carbonyl (C=O) groups excluding carboxylic acids is 1. The highest BCUT2D eigenvalue weighted by molar-refractivity contribution is 7.07. The van der Waals surface area contributed by atoms with E-state index in [1.165, 1.54) is 16.7 Å². The summed E-state index contributed by atoms with van der Waals surface area (Å²) in [5.74, 6) is -0.0891. The molecule has 184 valence electrons. The number of ether oxygens (including phenoxy) is 1. The summed E-state index contributed by atoms with van der Waals surface area (Å²) in [6.45, 7) is 3.54. The second kappa shape index (κ2) is 9.84. The average molecular weight is 514 g/mol. The van der Waals surface area contributed by atoms with Gasteiger partial charge in [-0.15, -0.1) is 0 Å². The van der Waals surface area contributed by atoms with E-state index in [0.29, 0.717) is 43.2 Å². The highest BCUT2D eigenvalue weighted by atomic mass is 32.1. The van der Waals surface area contributed by atoms with Crippen LogP contribution in [0.1, 0.15) is 36.8 Å². The summed E-state index contributed by atoms with van der Waals surface area (Å²) in [7, 11) is 0. The Labute approximate surface area is 214 Å². The first kappa shape index (κ1) is 24.2. The zero-order valence-corrected chi connectivity index (χ0v) is 20.7. The molecule has 4 aromatic rings. The van der Waals surface area contributed by atoms with Gasteiger partial charge >= 0.3 is 5.97 Å². The first-order valence-corrected chi connectivity index (χ1v) is 12.3.